The number of hydrogen-bond acceptors (Lipinski definition) is 2. The van der Waals surface area contributed by atoms with Gasteiger partial charge in [-0.05, 0) is 43.9 Å². The van der Waals surface area contributed by atoms with Crippen LogP contribution in [0.2, 0.25) is 0 Å². The van der Waals surface area contributed by atoms with Gasteiger partial charge in [0.2, 0.25) is 0 Å². The minimum atomic E-state index is 0.696. The fourth-order valence-electron chi connectivity index (χ4n) is 2.22. The molecule has 0 heterocycles. The van der Waals surface area contributed by atoms with Crippen LogP contribution in [0.5, 0.6) is 0 Å². The molecule has 0 saturated heterocycles. The smallest absolute Gasteiger partial charge is 0.0164 e. The van der Waals surface area contributed by atoms with E-state index in [1.165, 1.54) is 41.9 Å². The second-order valence-corrected chi connectivity index (χ2v) is 6.47. The Hall–Kier alpha value is -0.470. The fraction of sp³-hybridized carbons (Fsp3) is 0.625. The molecule has 100 valence electrons. The molecule has 0 radical (unpaired) electrons. The van der Waals surface area contributed by atoms with E-state index >= 15 is 0 Å². The Balaban J connectivity index is 1.81. The molecule has 1 aromatic carbocycles. The predicted molar refractivity (Wildman–Crippen MR) is 81.3 cm³/mol. The summed E-state index contributed by atoms with van der Waals surface area (Å²) in [5, 5.41) is 3.71. The van der Waals surface area contributed by atoms with E-state index in [-0.39, 0.29) is 0 Å². The van der Waals surface area contributed by atoms with Crippen LogP contribution in [0, 0.1) is 12.8 Å². The lowest BCUT2D eigenvalue weighted by atomic mass is 10.1. The van der Waals surface area contributed by atoms with E-state index in [1.54, 1.807) is 0 Å². The summed E-state index contributed by atoms with van der Waals surface area (Å²) in [6.07, 6.45) is 5.52. The first-order valence-corrected chi connectivity index (χ1v) is 8.20. The van der Waals surface area contributed by atoms with E-state index in [2.05, 4.69) is 43.4 Å². The molecule has 1 unspecified atom stereocenters. The van der Waals surface area contributed by atoms with Crippen molar-refractivity contribution in [3.8, 4) is 0 Å². The molecule has 0 aromatic heterocycles. The predicted octanol–water partition coefficient (Wildman–Crippen LogP) is 4.26. The third-order valence-corrected chi connectivity index (χ3v) is 4.87. The zero-order valence-electron chi connectivity index (χ0n) is 11.6. The minimum absolute atomic E-state index is 0.696. The topological polar surface area (TPSA) is 12.0 Å². The van der Waals surface area contributed by atoms with Crippen molar-refractivity contribution >= 4 is 11.8 Å². The molecule has 0 spiro atoms. The molecular weight excluding hydrogens is 238 g/mol. The first-order chi connectivity index (χ1) is 8.79. The quantitative estimate of drug-likeness (QED) is 0.704. The second-order valence-electron chi connectivity index (χ2n) is 5.41. The highest BCUT2D eigenvalue weighted by molar-refractivity contribution is 7.99. The fourth-order valence-corrected chi connectivity index (χ4v) is 3.33. The van der Waals surface area contributed by atoms with Crippen molar-refractivity contribution in [3.63, 3.8) is 0 Å². The van der Waals surface area contributed by atoms with Gasteiger partial charge >= 0.3 is 0 Å². The summed E-state index contributed by atoms with van der Waals surface area (Å²) in [5.41, 5.74) is 1.41. The van der Waals surface area contributed by atoms with Gasteiger partial charge in [-0.15, -0.1) is 11.8 Å². The SMILES string of the molecule is CCCNC(CSc1ccccc1C)CC1CC1. The Morgan fingerprint density at radius 2 is 2.11 bits per heavy atom. The Labute approximate surface area is 116 Å². The standard InChI is InChI=1S/C16H25NS/c1-3-10-17-15(11-14-8-9-14)12-18-16-7-5-4-6-13(16)2/h4-7,14-15,17H,3,8-12H2,1-2H3. The van der Waals surface area contributed by atoms with Gasteiger partial charge in [-0.1, -0.05) is 38.0 Å². The van der Waals surface area contributed by atoms with Crippen molar-refractivity contribution in [1.29, 1.82) is 0 Å². The van der Waals surface area contributed by atoms with Gasteiger partial charge in [0.05, 0.1) is 0 Å². The molecule has 1 aliphatic carbocycles. The Morgan fingerprint density at radius 1 is 1.33 bits per heavy atom. The summed E-state index contributed by atoms with van der Waals surface area (Å²) in [6.45, 7) is 5.61. The van der Waals surface area contributed by atoms with Crippen LogP contribution in [-0.4, -0.2) is 18.3 Å². The number of thioether (sulfide) groups is 1. The van der Waals surface area contributed by atoms with Crippen molar-refractivity contribution < 1.29 is 0 Å². The molecule has 0 bridgehead atoms. The summed E-state index contributed by atoms with van der Waals surface area (Å²) in [7, 11) is 0. The van der Waals surface area contributed by atoms with Crippen molar-refractivity contribution in [1.82, 2.24) is 5.32 Å². The van der Waals surface area contributed by atoms with Crippen LogP contribution in [0.1, 0.15) is 38.2 Å². The van der Waals surface area contributed by atoms with Crippen molar-refractivity contribution in [3.05, 3.63) is 29.8 Å². The average Bonchev–Trinajstić information content (AvgIpc) is 3.18. The van der Waals surface area contributed by atoms with Crippen LogP contribution in [-0.2, 0) is 0 Å². The molecule has 1 fully saturated rings. The van der Waals surface area contributed by atoms with Crippen LogP contribution in [0.4, 0.5) is 0 Å². The van der Waals surface area contributed by atoms with E-state index in [9.17, 15) is 0 Å². The van der Waals surface area contributed by atoms with Gasteiger partial charge in [0.25, 0.3) is 0 Å². The van der Waals surface area contributed by atoms with Crippen LogP contribution in [0.25, 0.3) is 0 Å². The minimum Gasteiger partial charge on any atom is -0.313 e. The highest BCUT2D eigenvalue weighted by Crippen LogP contribution is 2.34. The second kappa shape index (κ2) is 7.20. The molecule has 1 N–H and O–H groups in total. The molecule has 0 aliphatic heterocycles. The maximum Gasteiger partial charge on any atom is 0.0164 e. The van der Waals surface area contributed by atoms with E-state index < -0.39 is 0 Å². The molecular formula is C16H25NS. The molecule has 0 amide bonds. The molecule has 2 heteroatoms. The lowest BCUT2D eigenvalue weighted by molar-refractivity contribution is 0.494. The zero-order valence-corrected chi connectivity index (χ0v) is 12.4. The number of rotatable bonds is 8. The number of benzene rings is 1. The molecule has 2 rings (SSSR count). The summed E-state index contributed by atoms with van der Waals surface area (Å²) < 4.78 is 0. The lowest BCUT2D eigenvalue weighted by Crippen LogP contribution is -2.32. The Morgan fingerprint density at radius 3 is 2.78 bits per heavy atom. The molecule has 1 aliphatic rings. The van der Waals surface area contributed by atoms with E-state index in [4.69, 9.17) is 0 Å². The summed E-state index contributed by atoms with van der Waals surface area (Å²) >= 11 is 2.01. The van der Waals surface area contributed by atoms with E-state index in [0.717, 1.165) is 12.5 Å². The first-order valence-electron chi connectivity index (χ1n) is 7.21. The van der Waals surface area contributed by atoms with Gasteiger partial charge in [-0.2, -0.15) is 0 Å². The highest BCUT2D eigenvalue weighted by Gasteiger charge is 2.25. The normalized spacial score (nSPS) is 16.8. The number of nitrogens with one attached hydrogen (secondary N) is 1. The third kappa shape index (κ3) is 4.66. The molecule has 1 nitrogen and oxygen atoms in total. The first kappa shape index (κ1) is 14.0. The Kier molecular flexibility index (Phi) is 5.58. The number of hydrogen-bond donors (Lipinski definition) is 1. The number of aryl methyl sites for hydroxylation is 1. The van der Waals surface area contributed by atoms with Crippen molar-refractivity contribution in [2.24, 2.45) is 5.92 Å². The molecule has 18 heavy (non-hydrogen) atoms. The van der Waals surface area contributed by atoms with Gasteiger partial charge in [0.1, 0.15) is 0 Å². The Bertz CT molecular complexity index is 360. The summed E-state index contributed by atoms with van der Waals surface area (Å²) in [5.74, 6) is 2.22. The lowest BCUT2D eigenvalue weighted by Gasteiger charge is -2.18. The van der Waals surface area contributed by atoms with Crippen LogP contribution in [0.15, 0.2) is 29.2 Å². The molecule has 1 saturated carbocycles. The van der Waals surface area contributed by atoms with Crippen molar-refractivity contribution in [2.75, 3.05) is 12.3 Å². The van der Waals surface area contributed by atoms with Gasteiger partial charge in [-0.25, -0.2) is 0 Å². The monoisotopic (exact) mass is 263 g/mol. The van der Waals surface area contributed by atoms with E-state index in [0.29, 0.717) is 6.04 Å². The van der Waals surface area contributed by atoms with E-state index in [1.807, 2.05) is 11.8 Å². The third-order valence-electron chi connectivity index (χ3n) is 3.53. The maximum absolute atomic E-state index is 3.71. The summed E-state index contributed by atoms with van der Waals surface area (Å²) in [4.78, 5) is 1.44. The van der Waals surface area contributed by atoms with Crippen LogP contribution < -0.4 is 5.32 Å². The average molecular weight is 263 g/mol. The van der Waals surface area contributed by atoms with Gasteiger partial charge in [-0.3, -0.25) is 0 Å². The van der Waals surface area contributed by atoms with Gasteiger partial charge < -0.3 is 5.32 Å². The van der Waals surface area contributed by atoms with Crippen LogP contribution >= 0.6 is 11.8 Å². The van der Waals surface area contributed by atoms with Gasteiger partial charge in [0, 0.05) is 16.7 Å². The summed E-state index contributed by atoms with van der Waals surface area (Å²) in [6, 6.07) is 9.41. The highest BCUT2D eigenvalue weighted by atomic mass is 32.2. The molecule has 1 aromatic rings. The van der Waals surface area contributed by atoms with Gasteiger partial charge in [0.15, 0.2) is 0 Å². The molecule has 1 atom stereocenters. The zero-order chi connectivity index (χ0) is 12.8. The maximum atomic E-state index is 3.71. The largest absolute Gasteiger partial charge is 0.313 e. The van der Waals surface area contributed by atoms with Crippen LogP contribution in [0.3, 0.4) is 0 Å². The van der Waals surface area contributed by atoms with Crippen molar-refractivity contribution in [2.45, 2.75) is 50.5 Å².